The summed E-state index contributed by atoms with van der Waals surface area (Å²) in [6, 6.07) is 66.2. The number of para-hydroxylation sites is 2. The Labute approximate surface area is 293 Å². The quantitative estimate of drug-likeness (QED) is 0.160. The summed E-state index contributed by atoms with van der Waals surface area (Å²) in [6.45, 7) is 4.27. The molecule has 0 fully saturated rings. The summed E-state index contributed by atoms with van der Waals surface area (Å²) >= 11 is 0. The first-order chi connectivity index (χ1) is 24.6. The van der Waals surface area contributed by atoms with Gasteiger partial charge in [-0.15, -0.1) is 0 Å². The van der Waals surface area contributed by atoms with E-state index in [-0.39, 0.29) is 0 Å². The predicted octanol–water partition coefficient (Wildman–Crippen LogP) is 13.8. The minimum atomic E-state index is 1.13. The van der Waals surface area contributed by atoms with Gasteiger partial charge in [0.05, 0.1) is 5.69 Å². The summed E-state index contributed by atoms with van der Waals surface area (Å²) in [7, 11) is 0. The van der Waals surface area contributed by atoms with E-state index in [0.717, 1.165) is 28.4 Å². The van der Waals surface area contributed by atoms with Gasteiger partial charge < -0.3 is 9.80 Å². The van der Waals surface area contributed by atoms with Crippen LogP contribution in [0.1, 0.15) is 11.1 Å². The average Bonchev–Trinajstić information content (AvgIpc) is 3.17. The second-order valence-corrected chi connectivity index (χ2v) is 13.2. The van der Waals surface area contributed by atoms with E-state index >= 15 is 0 Å². The van der Waals surface area contributed by atoms with Gasteiger partial charge in [-0.25, -0.2) is 0 Å². The van der Waals surface area contributed by atoms with Crippen LogP contribution in [0.2, 0.25) is 0 Å². The Bertz CT molecular complexity index is 2570. The number of benzene rings is 9. The van der Waals surface area contributed by atoms with Crippen LogP contribution in [0.3, 0.4) is 0 Å². The van der Waals surface area contributed by atoms with E-state index in [9.17, 15) is 0 Å². The Morgan fingerprint density at radius 1 is 0.320 bits per heavy atom. The predicted molar refractivity (Wildman–Crippen MR) is 214 cm³/mol. The molecule has 50 heavy (non-hydrogen) atoms. The molecule has 0 aromatic heterocycles. The zero-order valence-electron chi connectivity index (χ0n) is 28.2. The van der Waals surface area contributed by atoms with Crippen LogP contribution in [-0.2, 0) is 0 Å². The molecule has 2 nitrogen and oxygen atoms in total. The number of nitrogens with zero attached hydrogens (tertiary/aromatic N) is 2. The van der Waals surface area contributed by atoms with Gasteiger partial charge in [0.25, 0.3) is 0 Å². The van der Waals surface area contributed by atoms with Crippen molar-refractivity contribution in [3.05, 3.63) is 193 Å². The molecule has 9 aromatic rings. The van der Waals surface area contributed by atoms with Gasteiger partial charge in [-0.05, 0) is 119 Å². The van der Waals surface area contributed by atoms with E-state index in [2.05, 4.69) is 206 Å². The Hall–Kier alpha value is -6.38. The summed E-state index contributed by atoms with van der Waals surface area (Å²) in [6.07, 6.45) is 0. The molecular weight excluding hydrogens is 605 g/mol. The Balaban J connectivity index is 1.19. The fourth-order valence-electron chi connectivity index (χ4n) is 7.44. The lowest BCUT2D eigenvalue weighted by atomic mass is 9.89. The minimum absolute atomic E-state index is 1.13. The highest BCUT2D eigenvalue weighted by Gasteiger charge is 2.20. The lowest BCUT2D eigenvalue weighted by Gasteiger charge is -2.28. The Morgan fingerprint density at radius 2 is 0.740 bits per heavy atom. The smallest absolute Gasteiger partial charge is 0.0540 e. The molecule has 0 heterocycles. The second-order valence-electron chi connectivity index (χ2n) is 13.2. The lowest BCUT2D eigenvalue weighted by molar-refractivity contribution is 1.28. The molecule has 0 atom stereocenters. The van der Waals surface area contributed by atoms with Crippen molar-refractivity contribution in [2.75, 3.05) is 9.80 Å². The average molecular weight is 641 g/mol. The maximum atomic E-state index is 2.39. The van der Waals surface area contributed by atoms with E-state index in [4.69, 9.17) is 0 Å². The van der Waals surface area contributed by atoms with Crippen molar-refractivity contribution in [2.24, 2.45) is 0 Å². The topological polar surface area (TPSA) is 6.48 Å². The molecule has 0 bridgehead atoms. The number of aryl methyl sites for hydroxylation is 2. The van der Waals surface area contributed by atoms with Gasteiger partial charge in [-0.1, -0.05) is 126 Å². The van der Waals surface area contributed by atoms with Crippen LogP contribution in [0.15, 0.2) is 182 Å². The second kappa shape index (κ2) is 12.3. The molecule has 0 aliphatic heterocycles. The van der Waals surface area contributed by atoms with Crippen LogP contribution in [0.4, 0.5) is 34.1 Å². The first-order valence-electron chi connectivity index (χ1n) is 17.3. The zero-order chi connectivity index (χ0) is 33.6. The summed E-state index contributed by atoms with van der Waals surface area (Å²) < 4.78 is 0. The van der Waals surface area contributed by atoms with Crippen molar-refractivity contribution in [3.63, 3.8) is 0 Å². The minimum Gasteiger partial charge on any atom is -0.311 e. The van der Waals surface area contributed by atoms with Crippen molar-refractivity contribution < 1.29 is 0 Å². The molecule has 9 aromatic carbocycles. The van der Waals surface area contributed by atoms with Gasteiger partial charge in [0.1, 0.15) is 0 Å². The third-order valence-corrected chi connectivity index (χ3v) is 9.93. The van der Waals surface area contributed by atoms with E-state index in [1.807, 2.05) is 0 Å². The first kappa shape index (κ1) is 29.7. The largest absolute Gasteiger partial charge is 0.311 e. The number of hydrogen-bond donors (Lipinski definition) is 0. The number of rotatable bonds is 7. The number of anilines is 6. The van der Waals surface area contributed by atoms with Crippen LogP contribution in [-0.4, -0.2) is 0 Å². The van der Waals surface area contributed by atoms with Crippen molar-refractivity contribution in [1.82, 2.24) is 0 Å². The summed E-state index contributed by atoms with van der Waals surface area (Å²) in [4.78, 5) is 4.71. The fourth-order valence-corrected chi connectivity index (χ4v) is 7.44. The van der Waals surface area contributed by atoms with E-state index in [0.29, 0.717) is 0 Å². The third-order valence-electron chi connectivity index (χ3n) is 9.93. The molecular formula is C48H36N2. The zero-order valence-corrected chi connectivity index (χ0v) is 28.2. The molecule has 0 saturated heterocycles. The molecule has 0 saturated carbocycles. The van der Waals surface area contributed by atoms with Gasteiger partial charge in [0.2, 0.25) is 0 Å². The van der Waals surface area contributed by atoms with Crippen LogP contribution in [0.5, 0.6) is 0 Å². The van der Waals surface area contributed by atoms with Crippen molar-refractivity contribution in [1.29, 1.82) is 0 Å². The fraction of sp³-hybridized carbons (Fsp3) is 0.0417. The van der Waals surface area contributed by atoms with Crippen LogP contribution < -0.4 is 9.80 Å². The molecule has 0 unspecified atom stereocenters. The van der Waals surface area contributed by atoms with Crippen LogP contribution in [0.25, 0.3) is 43.4 Å². The normalized spacial score (nSPS) is 11.4. The molecule has 0 aliphatic rings. The SMILES string of the molecule is Cc1ccc(N(c2ccccc2)c2ccc(-c3ccc4ccc5c(N(c6ccccc6)c6ccc(C)cc6)ccc6ccc3c4c65)cc2)cc1. The van der Waals surface area contributed by atoms with Gasteiger partial charge in [-0.2, -0.15) is 0 Å². The highest BCUT2D eigenvalue weighted by molar-refractivity contribution is 6.27. The molecule has 0 amide bonds. The summed E-state index contributed by atoms with van der Waals surface area (Å²) in [5, 5.41) is 7.64. The van der Waals surface area contributed by atoms with Gasteiger partial charge in [0, 0.05) is 33.8 Å². The Morgan fingerprint density at radius 3 is 1.32 bits per heavy atom. The summed E-state index contributed by atoms with van der Waals surface area (Å²) in [5.74, 6) is 0. The molecule has 9 rings (SSSR count). The lowest BCUT2D eigenvalue weighted by Crippen LogP contribution is -2.10. The number of hydrogen-bond acceptors (Lipinski definition) is 2. The Kier molecular flexibility index (Phi) is 7.29. The molecule has 0 N–H and O–H groups in total. The first-order valence-corrected chi connectivity index (χ1v) is 17.3. The van der Waals surface area contributed by atoms with E-state index in [1.165, 1.54) is 60.3 Å². The standard InChI is InChI=1S/C48H36N2/c1-33-13-23-40(24-14-33)49(38-9-5-3-6-10-38)41-27-17-35(18-28-41)43-29-19-36-21-31-45-46(32-22-37-20-30-44(43)47(36)48(37)45)50(39-11-7-4-8-12-39)42-25-15-34(2)16-26-42/h3-32H,1-2H3. The molecule has 0 radical (unpaired) electrons. The van der Waals surface area contributed by atoms with Gasteiger partial charge >= 0.3 is 0 Å². The van der Waals surface area contributed by atoms with Gasteiger partial charge in [0.15, 0.2) is 0 Å². The van der Waals surface area contributed by atoms with Gasteiger partial charge in [-0.3, -0.25) is 0 Å². The maximum Gasteiger partial charge on any atom is 0.0540 e. The molecule has 2 heteroatoms. The highest BCUT2D eigenvalue weighted by atomic mass is 15.1. The third kappa shape index (κ3) is 5.14. The maximum absolute atomic E-state index is 2.39. The van der Waals surface area contributed by atoms with Crippen LogP contribution >= 0.6 is 0 Å². The van der Waals surface area contributed by atoms with E-state index in [1.54, 1.807) is 0 Å². The van der Waals surface area contributed by atoms with Crippen molar-refractivity contribution in [3.8, 4) is 11.1 Å². The monoisotopic (exact) mass is 640 g/mol. The van der Waals surface area contributed by atoms with Crippen LogP contribution in [0, 0.1) is 13.8 Å². The molecule has 0 aliphatic carbocycles. The van der Waals surface area contributed by atoms with Crippen molar-refractivity contribution in [2.45, 2.75) is 13.8 Å². The van der Waals surface area contributed by atoms with E-state index < -0.39 is 0 Å². The van der Waals surface area contributed by atoms with Crippen molar-refractivity contribution >= 4 is 66.4 Å². The highest BCUT2D eigenvalue weighted by Crippen LogP contribution is 2.46. The molecule has 0 spiro atoms. The molecule has 238 valence electrons. The summed E-state index contributed by atoms with van der Waals surface area (Å²) in [5.41, 5.74) is 11.8.